The predicted molar refractivity (Wildman–Crippen MR) is 122 cm³/mol. The number of nitrogens with one attached hydrogen (secondary N) is 2. The average Bonchev–Trinajstić information content (AvgIpc) is 2.79. The highest BCUT2D eigenvalue weighted by atomic mass is 32.1. The highest BCUT2D eigenvalue weighted by Gasteiger charge is 2.23. The second kappa shape index (κ2) is 10.1. The maximum Gasteiger partial charge on any atom is 0.282 e. The quantitative estimate of drug-likeness (QED) is 0.416. The summed E-state index contributed by atoms with van der Waals surface area (Å²) in [7, 11) is 1.63. The van der Waals surface area contributed by atoms with Gasteiger partial charge in [0.05, 0.1) is 16.2 Å². The van der Waals surface area contributed by atoms with E-state index in [1.807, 2.05) is 0 Å². The van der Waals surface area contributed by atoms with Crippen LogP contribution < -0.4 is 15.5 Å². The fourth-order valence-electron chi connectivity index (χ4n) is 3.65. The molecule has 2 amide bonds. The maximum atomic E-state index is 12.9. The first-order valence-corrected chi connectivity index (χ1v) is 10.5. The summed E-state index contributed by atoms with van der Waals surface area (Å²) >= 11 is 5.34. The van der Waals surface area contributed by atoms with E-state index in [1.165, 1.54) is 29.5 Å². The van der Waals surface area contributed by atoms with Crippen LogP contribution in [0.25, 0.3) is 0 Å². The monoisotopic (exact) mass is 440 g/mol. The van der Waals surface area contributed by atoms with E-state index in [-0.39, 0.29) is 28.3 Å². The summed E-state index contributed by atoms with van der Waals surface area (Å²) in [5.41, 5.74) is 0.575. The summed E-state index contributed by atoms with van der Waals surface area (Å²) in [6, 6.07) is 12.8. The fraction of sp³-hybridized carbons (Fsp3) is 0.318. The number of hydrogen-bond donors (Lipinski definition) is 2. The number of nitro groups is 1. The van der Waals surface area contributed by atoms with Crippen LogP contribution in [0, 0.1) is 10.1 Å². The summed E-state index contributed by atoms with van der Waals surface area (Å²) in [5.74, 6) is -0.879. The van der Waals surface area contributed by atoms with Gasteiger partial charge in [-0.2, -0.15) is 0 Å². The van der Waals surface area contributed by atoms with Gasteiger partial charge in [0, 0.05) is 19.2 Å². The van der Waals surface area contributed by atoms with Crippen LogP contribution in [0.1, 0.15) is 52.8 Å². The Morgan fingerprint density at radius 1 is 1.00 bits per heavy atom. The van der Waals surface area contributed by atoms with Gasteiger partial charge in [-0.15, -0.1) is 0 Å². The van der Waals surface area contributed by atoms with Crippen molar-refractivity contribution in [2.45, 2.75) is 38.1 Å². The molecule has 0 saturated heterocycles. The van der Waals surface area contributed by atoms with Crippen molar-refractivity contribution in [1.82, 2.24) is 10.6 Å². The van der Waals surface area contributed by atoms with Crippen molar-refractivity contribution in [2.75, 3.05) is 11.9 Å². The lowest BCUT2D eigenvalue weighted by molar-refractivity contribution is -0.385. The van der Waals surface area contributed by atoms with Crippen molar-refractivity contribution >= 4 is 40.5 Å². The van der Waals surface area contributed by atoms with E-state index < -0.39 is 10.8 Å². The summed E-state index contributed by atoms with van der Waals surface area (Å²) in [5, 5.41) is 16.8. The molecule has 1 aliphatic carbocycles. The van der Waals surface area contributed by atoms with E-state index in [4.69, 9.17) is 12.2 Å². The molecule has 31 heavy (non-hydrogen) atoms. The number of carbonyl (C=O) groups excluding carboxylic acids is 2. The third kappa shape index (κ3) is 5.43. The Bertz CT molecular complexity index is 1000. The third-order valence-corrected chi connectivity index (χ3v) is 5.70. The van der Waals surface area contributed by atoms with E-state index in [0.29, 0.717) is 11.3 Å². The highest BCUT2D eigenvalue weighted by Crippen LogP contribution is 2.23. The molecule has 0 heterocycles. The molecule has 0 radical (unpaired) electrons. The fourth-order valence-corrected chi connectivity index (χ4v) is 3.84. The minimum atomic E-state index is -0.687. The van der Waals surface area contributed by atoms with Gasteiger partial charge in [0.2, 0.25) is 0 Å². The summed E-state index contributed by atoms with van der Waals surface area (Å²) in [6.45, 7) is 0. The lowest BCUT2D eigenvalue weighted by Gasteiger charge is -2.26. The second-order valence-electron chi connectivity index (χ2n) is 7.42. The van der Waals surface area contributed by atoms with Crippen molar-refractivity contribution in [3.05, 3.63) is 69.8 Å². The molecule has 0 unspecified atom stereocenters. The van der Waals surface area contributed by atoms with E-state index in [2.05, 4.69) is 10.6 Å². The van der Waals surface area contributed by atoms with Gasteiger partial charge in [-0.3, -0.25) is 25.0 Å². The minimum Gasteiger partial charge on any atom is -0.349 e. The van der Waals surface area contributed by atoms with Crippen LogP contribution in [0.4, 0.5) is 11.4 Å². The normalized spacial score (nSPS) is 13.8. The molecule has 2 aromatic carbocycles. The first kappa shape index (κ1) is 22.4. The molecule has 2 aromatic rings. The molecule has 9 heteroatoms. The smallest absolute Gasteiger partial charge is 0.282 e. The van der Waals surface area contributed by atoms with E-state index in [0.717, 1.165) is 25.7 Å². The molecule has 0 spiro atoms. The molecule has 1 saturated carbocycles. The predicted octanol–water partition coefficient (Wildman–Crippen LogP) is 3.81. The number of anilines is 1. The van der Waals surface area contributed by atoms with Crippen LogP contribution >= 0.6 is 12.2 Å². The van der Waals surface area contributed by atoms with Gasteiger partial charge in [-0.25, -0.2) is 0 Å². The lowest BCUT2D eigenvalue weighted by atomic mass is 9.95. The Hall–Kier alpha value is -3.33. The number of carbonyl (C=O) groups is 2. The van der Waals surface area contributed by atoms with Gasteiger partial charge >= 0.3 is 0 Å². The molecule has 2 N–H and O–H groups in total. The first-order chi connectivity index (χ1) is 14.9. The van der Waals surface area contributed by atoms with Crippen molar-refractivity contribution in [3.63, 3.8) is 0 Å². The van der Waals surface area contributed by atoms with Crippen LogP contribution in [0.2, 0.25) is 0 Å². The zero-order valence-corrected chi connectivity index (χ0v) is 18.0. The molecule has 8 nitrogen and oxygen atoms in total. The van der Waals surface area contributed by atoms with Crippen LogP contribution in [0.15, 0.2) is 48.5 Å². The highest BCUT2D eigenvalue weighted by molar-refractivity contribution is 7.80. The first-order valence-electron chi connectivity index (χ1n) is 10.1. The molecular formula is C22H24N4O4S. The summed E-state index contributed by atoms with van der Waals surface area (Å²) in [6.07, 6.45) is 5.34. The standard InChI is InChI=1S/C22H24N4O4S/c1-25(22(31)24-21(28)17-12-6-8-14-19(17)26(29)30)18-13-7-5-11-16(18)20(27)23-15-9-3-2-4-10-15/h5-8,11-15H,2-4,9-10H2,1H3,(H,23,27)(H,24,28,31). The SMILES string of the molecule is CN(C(=S)NC(=O)c1ccccc1[N+](=O)[O-])c1ccccc1C(=O)NC1CCCCC1. The molecule has 0 bridgehead atoms. The summed E-state index contributed by atoms with van der Waals surface area (Å²) < 4.78 is 0. The lowest BCUT2D eigenvalue weighted by Crippen LogP contribution is -2.42. The van der Waals surface area contributed by atoms with Crippen molar-refractivity contribution in [1.29, 1.82) is 0 Å². The number of benzene rings is 2. The van der Waals surface area contributed by atoms with Gasteiger partial charge in [0.25, 0.3) is 17.5 Å². The number of para-hydroxylation sites is 2. The van der Waals surface area contributed by atoms with E-state index in [1.54, 1.807) is 37.4 Å². The van der Waals surface area contributed by atoms with Crippen molar-refractivity contribution in [2.24, 2.45) is 0 Å². The van der Waals surface area contributed by atoms with Gasteiger partial charge in [-0.1, -0.05) is 43.5 Å². The Morgan fingerprint density at radius 2 is 1.61 bits per heavy atom. The molecule has 162 valence electrons. The average molecular weight is 441 g/mol. The second-order valence-corrected chi connectivity index (χ2v) is 7.80. The third-order valence-electron chi connectivity index (χ3n) is 5.32. The van der Waals surface area contributed by atoms with Crippen LogP contribution in [0.5, 0.6) is 0 Å². The zero-order chi connectivity index (χ0) is 22.4. The van der Waals surface area contributed by atoms with Crippen molar-refractivity contribution < 1.29 is 14.5 Å². The van der Waals surface area contributed by atoms with Crippen LogP contribution in [-0.4, -0.2) is 34.9 Å². The van der Waals surface area contributed by atoms with Crippen LogP contribution in [-0.2, 0) is 0 Å². The number of thiocarbonyl (C=S) groups is 1. The number of nitrogens with zero attached hydrogens (tertiary/aromatic N) is 2. The topological polar surface area (TPSA) is 105 Å². The Labute approximate surface area is 185 Å². The van der Waals surface area contributed by atoms with Gasteiger partial charge in [0.15, 0.2) is 5.11 Å². The zero-order valence-electron chi connectivity index (χ0n) is 17.2. The molecule has 0 aromatic heterocycles. The van der Waals surface area contributed by atoms with Crippen molar-refractivity contribution in [3.8, 4) is 0 Å². The largest absolute Gasteiger partial charge is 0.349 e. The molecule has 0 atom stereocenters. The molecule has 3 rings (SSSR count). The van der Waals surface area contributed by atoms with Gasteiger partial charge in [0.1, 0.15) is 5.56 Å². The Balaban J connectivity index is 1.74. The number of amides is 2. The molecule has 0 aliphatic heterocycles. The number of hydrogen-bond acceptors (Lipinski definition) is 5. The van der Waals surface area contributed by atoms with E-state index in [9.17, 15) is 19.7 Å². The maximum absolute atomic E-state index is 12.9. The molecule has 1 fully saturated rings. The molecular weight excluding hydrogens is 416 g/mol. The number of rotatable bonds is 5. The molecule has 1 aliphatic rings. The summed E-state index contributed by atoms with van der Waals surface area (Å²) in [4.78, 5) is 37.6. The Kier molecular flexibility index (Phi) is 7.30. The minimum absolute atomic E-state index is 0.0288. The van der Waals surface area contributed by atoms with Gasteiger partial charge in [-0.05, 0) is 43.3 Å². The van der Waals surface area contributed by atoms with Crippen LogP contribution in [0.3, 0.4) is 0 Å². The Morgan fingerprint density at radius 3 is 2.29 bits per heavy atom. The van der Waals surface area contributed by atoms with E-state index >= 15 is 0 Å². The van der Waals surface area contributed by atoms with Gasteiger partial charge < -0.3 is 10.2 Å². The number of nitro benzene ring substituents is 1.